The number of non-ortho nitro benzene ring substituents is 1. The minimum Gasteiger partial charge on any atom is -0.510 e. The number of amides is 1. The van der Waals surface area contributed by atoms with Crippen LogP contribution < -0.4 is 0 Å². The van der Waals surface area contributed by atoms with Crippen LogP contribution in [0, 0.1) is 10.1 Å². The molecule has 152 valence electrons. The van der Waals surface area contributed by atoms with E-state index in [0.29, 0.717) is 12.0 Å². The number of nitro benzene ring substituents is 1. The normalized spacial score (nSPS) is 17.0. The second-order valence-corrected chi connectivity index (χ2v) is 7.58. The van der Waals surface area contributed by atoms with Crippen molar-refractivity contribution < 1.29 is 24.4 Å². The van der Waals surface area contributed by atoms with Crippen LogP contribution in [-0.2, 0) is 20.9 Å². The summed E-state index contributed by atoms with van der Waals surface area (Å²) in [4.78, 5) is 36.2. The van der Waals surface area contributed by atoms with Crippen LogP contribution in [0.3, 0.4) is 0 Å². The Balaban J connectivity index is 2.07. The van der Waals surface area contributed by atoms with Crippen molar-refractivity contribution in [1.82, 2.24) is 4.90 Å². The molecule has 0 bridgehead atoms. The average Bonchev–Trinajstić information content (AvgIpc) is 2.69. The van der Waals surface area contributed by atoms with Crippen LogP contribution in [-0.4, -0.2) is 37.9 Å². The zero-order chi connectivity index (χ0) is 20.7. The molecule has 0 radical (unpaired) electrons. The second-order valence-electron chi connectivity index (χ2n) is 6.30. The van der Waals surface area contributed by atoms with Gasteiger partial charge in [0.05, 0.1) is 16.7 Å². The van der Waals surface area contributed by atoms with E-state index in [1.54, 1.807) is 18.7 Å². The molecule has 0 spiro atoms. The lowest BCUT2D eigenvalue weighted by molar-refractivity contribution is -0.384. The number of β-lactam (4-membered cyclic amide) rings is 1. The molecule has 2 rings (SSSR count). The molecule has 1 heterocycles. The quantitative estimate of drug-likeness (QED) is 0.119. The van der Waals surface area contributed by atoms with Crippen LogP contribution in [0.15, 0.2) is 35.7 Å². The Morgan fingerprint density at radius 2 is 2.04 bits per heavy atom. The Kier molecular flexibility index (Phi) is 7.86. The lowest BCUT2D eigenvalue weighted by atomic mass is 10.1. The van der Waals surface area contributed by atoms with E-state index in [1.165, 1.54) is 29.2 Å². The summed E-state index contributed by atoms with van der Waals surface area (Å²) >= 11 is 1.58. The zero-order valence-electron chi connectivity index (χ0n) is 15.9. The fourth-order valence-corrected chi connectivity index (χ4v) is 3.97. The van der Waals surface area contributed by atoms with Crippen molar-refractivity contribution >= 4 is 29.3 Å². The van der Waals surface area contributed by atoms with Crippen LogP contribution in [0.1, 0.15) is 45.1 Å². The van der Waals surface area contributed by atoms with Crippen molar-refractivity contribution in [3.63, 3.8) is 0 Å². The minimum atomic E-state index is -0.785. The fourth-order valence-electron chi connectivity index (χ4n) is 2.61. The fraction of sp³-hybridized carbons (Fsp3) is 0.474. The van der Waals surface area contributed by atoms with E-state index >= 15 is 0 Å². The summed E-state index contributed by atoms with van der Waals surface area (Å²) in [5, 5.41) is 20.7. The third-order valence-electron chi connectivity index (χ3n) is 4.27. The van der Waals surface area contributed by atoms with Crippen molar-refractivity contribution in [3.05, 3.63) is 51.4 Å². The van der Waals surface area contributed by atoms with Gasteiger partial charge in [-0.2, -0.15) is 0 Å². The molecule has 1 aliphatic rings. The summed E-state index contributed by atoms with van der Waals surface area (Å²) < 4.78 is 5.26. The van der Waals surface area contributed by atoms with Gasteiger partial charge in [-0.05, 0) is 29.9 Å². The average molecular weight is 408 g/mol. The third-order valence-corrected chi connectivity index (χ3v) is 5.56. The lowest BCUT2D eigenvalue weighted by Gasteiger charge is -2.40. The van der Waals surface area contributed by atoms with Gasteiger partial charge >= 0.3 is 5.97 Å². The summed E-state index contributed by atoms with van der Waals surface area (Å²) in [6.07, 6.45) is 2.56. The van der Waals surface area contributed by atoms with E-state index in [4.69, 9.17) is 4.74 Å². The molecule has 1 amide bonds. The number of carbonyl (C=O) groups is 2. The van der Waals surface area contributed by atoms with Crippen molar-refractivity contribution in [3.8, 4) is 0 Å². The number of aliphatic hydroxyl groups is 1. The first-order valence-corrected chi connectivity index (χ1v) is 10.2. The molecule has 0 aliphatic carbocycles. The molecule has 0 aromatic heterocycles. The van der Waals surface area contributed by atoms with E-state index < -0.39 is 10.9 Å². The Morgan fingerprint density at radius 1 is 1.36 bits per heavy atom. The van der Waals surface area contributed by atoms with Crippen molar-refractivity contribution in [2.24, 2.45) is 0 Å². The van der Waals surface area contributed by atoms with E-state index in [-0.39, 0.29) is 41.5 Å². The summed E-state index contributed by atoms with van der Waals surface area (Å²) in [7, 11) is 0. The van der Waals surface area contributed by atoms with Crippen LogP contribution >= 0.6 is 11.8 Å². The molecule has 8 nitrogen and oxygen atoms in total. The van der Waals surface area contributed by atoms with Gasteiger partial charge in [0.2, 0.25) is 5.91 Å². The molecule has 9 heteroatoms. The number of aliphatic hydroxyl groups excluding tert-OH is 1. The van der Waals surface area contributed by atoms with Gasteiger partial charge in [0.15, 0.2) is 5.70 Å². The van der Waals surface area contributed by atoms with Gasteiger partial charge in [0.1, 0.15) is 12.4 Å². The molecule has 1 unspecified atom stereocenters. The molecule has 1 N–H and O–H groups in total. The number of carbonyl (C=O) groups excluding carboxylic acids is 2. The number of nitro groups is 1. The van der Waals surface area contributed by atoms with Gasteiger partial charge in [0.25, 0.3) is 5.69 Å². The highest BCUT2D eigenvalue weighted by Crippen LogP contribution is 2.35. The molecule has 1 saturated heterocycles. The van der Waals surface area contributed by atoms with Crippen LogP contribution in [0.5, 0.6) is 0 Å². The first kappa shape index (κ1) is 21.7. The van der Waals surface area contributed by atoms with Crippen LogP contribution in [0.25, 0.3) is 0 Å². The molecule has 0 saturated carbocycles. The Hall–Kier alpha value is -2.55. The minimum absolute atomic E-state index is 0.0580. The van der Waals surface area contributed by atoms with Crippen LogP contribution in [0.2, 0.25) is 0 Å². The van der Waals surface area contributed by atoms with E-state index in [1.807, 2.05) is 0 Å². The summed E-state index contributed by atoms with van der Waals surface area (Å²) in [6, 6.07) is 5.63. The van der Waals surface area contributed by atoms with Crippen molar-refractivity contribution in [1.29, 1.82) is 0 Å². The number of likely N-dealkylation sites (tertiary alicyclic amines) is 1. The molecule has 1 aromatic carbocycles. The van der Waals surface area contributed by atoms with Gasteiger partial charge in [-0.25, -0.2) is 4.79 Å². The molecule has 1 aliphatic heterocycles. The van der Waals surface area contributed by atoms with Crippen molar-refractivity contribution in [2.45, 2.75) is 51.5 Å². The maximum Gasteiger partial charge on any atom is 0.358 e. The smallest absolute Gasteiger partial charge is 0.358 e. The molecule has 1 fully saturated rings. The van der Waals surface area contributed by atoms with Gasteiger partial charge in [-0.15, -0.1) is 11.8 Å². The molecular formula is C19H24N2O6S. The number of nitrogens with zero attached hydrogens (tertiary/aromatic N) is 2. The number of esters is 1. The number of thioether (sulfide) groups is 1. The standard InChI is InChI=1S/C19H24N2O6S/c1-3-5-10-28-17-11-16(23)20(17)18(15(22)4-2)19(24)27-12-13-6-8-14(9-7-13)21(25)26/h6-9,17,22H,3-5,10-12H2,1-2H3/b18-15+. The van der Waals surface area contributed by atoms with Gasteiger partial charge < -0.3 is 9.84 Å². The first-order chi connectivity index (χ1) is 13.4. The number of rotatable bonds is 10. The molecule has 1 atom stereocenters. The topological polar surface area (TPSA) is 110 Å². The lowest BCUT2D eigenvalue weighted by Crippen LogP contribution is -2.52. The maximum atomic E-state index is 12.6. The number of unbranched alkanes of at least 4 members (excludes halogenated alkanes) is 1. The van der Waals surface area contributed by atoms with E-state index in [9.17, 15) is 24.8 Å². The first-order valence-electron chi connectivity index (χ1n) is 9.15. The Morgan fingerprint density at radius 3 is 2.57 bits per heavy atom. The Bertz CT molecular complexity index is 762. The predicted molar refractivity (Wildman–Crippen MR) is 105 cm³/mol. The SMILES string of the molecule is CCCCSC1CC(=O)N1/C(C(=O)OCc1ccc([N+](=O)[O-])cc1)=C(/O)CC. The van der Waals surface area contributed by atoms with Crippen LogP contribution in [0.4, 0.5) is 5.69 Å². The Labute approximate surface area is 167 Å². The number of ether oxygens (including phenoxy) is 1. The molecule has 28 heavy (non-hydrogen) atoms. The van der Waals surface area contributed by atoms with Gasteiger partial charge in [-0.1, -0.05) is 20.3 Å². The number of benzene rings is 1. The van der Waals surface area contributed by atoms with E-state index in [0.717, 1.165) is 18.6 Å². The second kappa shape index (κ2) is 10.1. The number of hydrogen-bond donors (Lipinski definition) is 1. The summed E-state index contributed by atoms with van der Waals surface area (Å²) in [5.74, 6) is -0.339. The molecular weight excluding hydrogens is 384 g/mol. The maximum absolute atomic E-state index is 12.6. The monoisotopic (exact) mass is 408 g/mol. The predicted octanol–water partition coefficient (Wildman–Crippen LogP) is 3.91. The van der Waals surface area contributed by atoms with Crippen molar-refractivity contribution in [2.75, 3.05) is 5.75 Å². The highest BCUT2D eigenvalue weighted by Gasteiger charge is 2.43. The number of allylic oxidation sites excluding steroid dienone is 1. The highest BCUT2D eigenvalue weighted by atomic mass is 32.2. The number of hydrogen-bond acceptors (Lipinski definition) is 7. The summed E-state index contributed by atoms with van der Waals surface area (Å²) in [5.41, 5.74) is 0.394. The highest BCUT2D eigenvalue weighted by molar-refractivity contribution is 8.00. The molecule has 1 aromatic rings. The summed E-state index contributed by atoms with van der Waals surface area (Å²) in [6.45, 7) is 3.64. The van der Waals surface area contributed by atoms with E-state index in [2.05, 4.69) is 6.92 Å². The largest absolute Gasteiger partial charge is 0.510 e. The van der Waals surface area contributed by atoms with Gasteiger partial charge in [0, 0.05) is 18.6 Å². The van der Waals surface area contributed by atoms with Gasteiger partial charge in [-0.3, -0.25) is 19.8 Å². The zero-order valence-corrected chi connectivity index (χ0v) is 16.7. The third kappa shape index (κ3) is 5.25.